The van der Waals surface area contributed by atoms with Gasteiger partial charge >= 0.3 is 0 Å². The fourth-order valence-corrected chi connectivity index (χ4v) is 2.98. The molecular formula is C14H20BrFN2. The van der Waals surface area contributed by atoms with Crippen LogP contribution in [0.2, 0.25) is 0 Å². The van der Waals surface area contributed by atoms with Gasteiger partial charge in [0, 0.05) is 23.6 Å². The fourth-order valence-electron chi connectivity index (χ4n) is 2.49. The molecule has 1 N–H and O–H groups in total. The first-order valence-corrected chi connectivity index (χ1v) is 7.43. The van der Waals surface area contributed by atoms with Crippen molar-refractivity contribution in [3.8, 4) is 0 Å². The van der Waals surface area contributed by atoms with Gasteiger partial charge in [0.05, 0.1) is 5.69 Å². The molecule has 1 saturated heterocycles. The number of hydrogen-bond donors (Lipinski definition) is 1. The minimum atomic E-state index is -0.169. The van der Waals surface area contributed by atoms with E-state index in [1.807, 2.05) is 0 Å². The first kappa shape index (κ1) is 13.8. The summed E-state index contributed by atoms with van der Waals surface area (Å²) in [7, 11) is 0. The van der Waals surface area contributed by atoms with Crippen molar-refractivity contribution >= 4 is 21.6 Å². The van der Waals surface area contributed by atoms with Crippen LogP contribution in [0, 0.1) is 5.82 Å². The maximum Gasteiger partial charge on any atom is 0.125 e. The first-order valence-electron chi connectivity index (χ1n) is 6.64. The normalized spacial score (nSPS) is 20.8. The molecule has 18 heavy (non-hydrogen) atoms. The molecule has 4 heteroatoms. The third-order valence-electron chi connectivity index (χ3n) is 3.36. The van der Waals surface area contributed by atoms with Crippen LogP contribution in [0.15, 0.2) is 22.7 Å². The number of nitrogens with one attached hydrogen (secondary N) is 1. The van der Waals surface area contributed by atoms with Gasteiger partial charge in [-0.3, -0.25) is 0 Å². The van der Waals surface area contributed by atoms with Crippen molar-refractivity contribution in [1.29, 1.82) is 0 Å². The zero-order valence-electron chi connectivity index (χ0n) is 10.8. The molecule has 1 aromatic carbocycles. The second kappa shape index (κ2) is 6.53. The Balaban J connectivity index is 2.16. The third kappa shape index (κ3) is 3.45. The van der Waals surface area contributed by atoms with Crippen LogP contribution < -0.4 is 10.2 Å². The van der Waals surface area contributed by atoms with Crippen LogP contribution in [-0.4, -0.2) is 25.7 Å². The Labute approximate surface area is 117 Å². The predicted molar refractivity (Wildman–Crippen MR) is 77.6 cm³/mol. The van der Waals surface area contributed by atoms with Gasteiger partial charge in [-0.05, 0) is 53.5 Å². The van der Waals surface area contributed by atoms with Gasteiger partial charge in [-0.1, -0.05) is 13.3 Å². The zero-order valence-corrected chi connectivity index (χ0v) is 12.3. The molecule has 1 heterocycles. The SMILES string of the molecule is CCCC1CN(c2cc(F)ccc2Br)CCCN1. The average Bonchev–Trinajstić information content (AvgIpc) is 2.58. The van der Waals surface area contributed by atoms with E-state index in [9.17, 15) is 4.39 Å². The number of anilines is 1. The molecule has 0 radical (unpaired) electrons. The van der Waals surface area contributed by atoms with Gasteiger partial charge in [0.2, 0.25) is 0 Å². The third-order valence-corrected chi connectivity index (χ3v) is 4.04. The maximum absolute atomic E-state index is 13.4. The smallest absolute Gasteiger partial charge is 0.125 e. The maximum atomic E-state index is 13.4. The molecule has 1 atom stereocenters. The van der Waals surface area contributed by atoms with E-state index in [1.165, 1.54) is 18.9 Å². The molecule has 2 rings (SSSR count). The van der Waals surface area contributed by atoms with Gasteiger partial charge in [-0.25, -0.2) is 4.39 Å². The van der Waals surface area contributed by atoms with Gasteiger partial charge < -0.3 is 10.2 Å². The highest BCUT2D eigenvalue weighted by Gasteiger charge is 2.19. The zero-order chi connectivity index (χ0) is 13.0. The fraction of sp³-hybridized carbons (Fsp3) is 0.571. The molecule has 100 valence electrons. The topological polar surface area (TPSA) is 15.3 Å². The summed E-state index contributed by atoms with van der Waals surface area (Å²) in [6.07, 6.45) is 3.45. The molecule has 1 unspecified atom stereocenters. The molecule has 1 fully saturated rings. The molecule has 2 nitrogen and oxygen atoms in total. The summed E-state index contributed by atoms with van der Waals surface area (Å²) in [6.45, 7) is 5.19. The Morgan fingerprint density at radius 1 is 1.50 bits per heavy atom. The van der Waals surface area contributed by atoms with Crippen LogP contribution in [0.3, 0.4) is 0 Å². The highest BCUT2D eigenvalue weighted by Crippen LogP contribution is 2.28. The number of benzene rings is 1. The Hall–Kier alpha value is -0.610. The van der Waals surface area contributed by atoms with E-state index in [0.717, 1.165) is 36.2 Å². The molecule has 1 aliphatic heterocycles. The number of rotatable bonds is 3. The first-order chi connectivity index (χ1) is 8.70. The van der Waals surface area contributed by atoms with E-state index in [2.05, 4.69) is 33.1 Å². The largest absolute Gasteiger partial charge is 0.369 e. The second-order valence-electron chi connectivity index (χ2n) is 4.84. The lowest BCUT2D eigenvalue weighted by Gasteiger charge is -2.27. The Bertz CT molecular complexity index is 397. The summed E-state index contributed by atoms with van der Waals surface area (Å²) in [5.41, 5.74) is 0.972. The van der Waals surface area contributed by atoms with Gasteiger partial charge in [0.15, 0.2) is 0 Å². The quantitative estimate of drug-likeness (QED) is 0.917. The lowest BCUT2D eigenvalue weighted by molar-refractivity contribution is 0.502. The van der Waals surface area contributed by atoms with Crippen molar-refractivity contribution in [2.24, 2.45) is 0 Å². The molecule has 0 spiro atoms. The van der Waals surface area contributed by atoms with Crippen LogP contribution in [0.4, 0.5) is 10.1 Å². The van der Waals surface area contributed by atoms with Crippen molar-refractivity contribution in [2.75, 3.05) is 24.5 Å². The van der Waals surface area contributed by atoms with Crippen LogP contribution >= 0.6 is 15.9 Å². The summed E-state index contributed by atoms with van der Waals surface area (Å²) in [5, 5.41) is 3.57. The number of halogens is 2. The molecule has 0 aliphatic carbocycles. The standard InChI is InChI=1S/C14H20BrFN2/c1-2-4-12-10-18(8-3-7-17-12)14-9-11(16)5-6-13(14)15/h5-6,9,12,17H,2-4,7-8,10H2,1H3. The van der Waals surface area contributed by atoms with Crippen molar-refractivity contribution in [3.63, 3.8) is 0 Å². The van der Waals surface area contributed by atoms with Crippen LogP contribution in [0.1, 0.15) is 26.2 Å². The molecule has 1 aromatic rings. The van der Waals surface area contributed by atoms with Crippen LogP contribution in [0.25, 0.3) is 0 Å². The Morgan fingerprint density at radius 2 is 2.33 bits per heavy atom. The van der Waals surface area contributed by atoms with Crippen LogP contribution in [-0.2, 0) is 0 Å². The van der Waals surface area contributed by atoms with Crippen LogP contribution in [0.5, 0.6) is 0 Å². The van der Waals surface area contributed by atoms with E-state index in [1.54, 1.807) is 12.1 Å². The number of nitrogens with zero attached hydrogens (tertiary/aromatic N) is 1. The van der Waals surface area contributed by atoms with Crippen molar-refractivity contribution < 1.29 is 4.39 Å². The molecule has 1 aliphatic rings. The van der Waals surface area contributed by atoms with E-state index < -0.39 is 0 Å². The summed E-state index contributed by atoms with van der Waals surface area (Å²) in [6, 6.07) is 5.41. The van der Waals surface area contributed by atoms with E-state index >= 15 is 0 Å². The van der Waals surface area contributed by atoms with Gasteiger partial charge in [-0.2, -0.15) is 0 Å². The van der Waals surface area contributed by atoms with E-state index in [4.69, 9.17) is 0 Å². The van der Waals surface area contributed by atoms with Gasteiger partial charge in [-0.15, -0.1) is 0 Å². The number of hydrogen-bond acceptors (Lipinski definition) is 2. The van der Waals surface area contributed by atoms with E-state index in [-0.39, 0.29) is 5.82 Å². The minimum absolute atomic E-state index is 0.169. The summed E-state index contributed by atoms with van der Waals surface area (Å²) in [4.78, 5) is 2.29. The highest BCUT2D eigenvalue weighted by atomic mass is 79.9. The Kier molecular flexibility index (Phi) is 5.01. The molecule has 0 saturated carbocycles. The van der Waals surface area contributed by atoms with Crippen molar-refractivity contribution in [3.05, 3.63) is 28.5 Å². The highest BCUT2D eigenvalue weighted by molar-refractivity contribution is 9.10. The Morgan fingerprint density at radius 3 is 3.11 bits per heavy atom. The predicted octanol–water partition coefficient (Wildman–Crippen LogP) is 3.56. The van der Waals surface area contributed by atoms with Gasteiger partial charge in [0.25, 0.3) is 0 Å². The summed E-state index contributed by atoms with van der Waals surface area (Å²) >= 11 is 3.52. The summed E-state index contributed by atoms with van der Waals surface area (Å²) < 4.78 is 14.4. The molecule has 0 amide bonds. The molecular weight excluding hydrogens is 295 g/mol. The monoisotopic (exact) mass is 314 g/mol. The lowest BCUT2D eigenvalue weighted by Crippen LogP contribution is -2.37. The van der Waals surface area contributed by atoms with Gasteiger partial charge in [0.1, 0.15) is 5.82 Å². The second-order valence-corrected chi connectivity index (χ2v) is 5.69. The van der Waals surface area contributed by atoms with Crippen molar-refractivity contribution in [2.45, 2.75) is 32.2 Å². The molecule has 0 bridgehead atoms. The van der Waals surface area contributed by atoms with Crippen molar-refractivity contribution in [1.82, 2.24) is 5.32 Å². The average molecular weight is 315 g/mol. The molecule has 0 aromatic heterocycles. The minimum Gasteiger partial charge on any atom is -0.369 e. The summed E-state index contributed by atoms with van der Waals surface area (Å²) in [5.74, 6) is -0.169. The van der Waals surface area contributed by atoms with E-state index in [0.29, 0.717) is 6.04 Å². The lowest BCUT2D eigenvalue weighted by atomic mass is 10.1.